The molecule has 32 heavy (non-hydrogen) atoms. The average Bonchev–Trinajstić information content (AvgIpc) is 3.35. The van der Waals surface area contributed by atoms with Crippen LogP contribution in [0.15, 0.2) is 42.6 Å². The van der Waals surface area contributed by atoms with Gasteiger partial charge in [0.15, 0.2) is 5.69 Å². The van der Waals surface area contributed by atoms with Crippen molar-refractivity contribution in [2.45, 2.75) is 25.4 Å². The molecular weight excluding hydrogens is 406 g/mol. The summed E-state index contributed by atoms with van der Waals surface area (Å²) in [6.07, 6.45) is 3.76. The summed E-state index contributed by atoms with van der Waals surface area (Å²) in [5.74, 6) is 0.883. The van der Waals surface area contributed by atoms with Crippen LogP contribution in [0.2, 0.25) is 0 Å². The van der Waals surface area contributed by atoms with E-state index >= 15 is 0 Å². The zero-order valence-corrected chi connectivity index (χ0v) is 18.4. The minimum absolute atomic E-state index is 0.0555. The second-order valence-electron chi connectivity index (χ2n) is 8.46. The third-order valence-corrected chi connectivity index (χ3v) is 6.56. The minimum atomic E-state index is -0.0555. The lowest BCUT2D eigenvalue weighted by molar-refractivity contribution is 0.0299. The summed E-state index contributed by atoms with van der Waals surface area (Å²) in [7, 11) is 1.74. The molecule has 2 saturated heterocycles. The van der Waals surface area contributed by atoms with E-state index in [1.165, 1.54) is 16.3 Å². The monoisotopic (exact) mass is 435 g/mol. The van der Waals surface area contributed by atoms with Crippen LogP contribution in [0.4, 0.5) is 0 Å². The van der Waals surface area contributed by atoms with E-state index in [-0.39, 0.29) is 11.9 Å². The Kier molecular flexibility index (Phi) is 6.05. The van der Waals surface area contributed by atoms with Gasteiger partial charge in [-0.1, -0.05) is 35.5 Å². The zero-order chi connectivity index (χ0) is 21.9. The highest BCUT2D eigenvalue weighted by Gasteiger charge is 2.26. The zero-order valence-electron chi connectivity index (χ0n) is 18.4. The minimum Gasteiger partial charge on any atom is -0.496 e. The standard InChI is InChI=1S/C24H29N5O3/c1-31-23-7-6-18-4-2-3-5-20(18)21(23)16-27-10-8-19(9-11-27)29-17-22(25-26-29)24(30)28-12-14-32-15-13-28/h2-7,17,19H,8-16H2,1H3. The largest absolute Gasteiger partial charge is 0.496 e. The molecular formula is C24H29N5O3. The van der Waals surface area contributed by atoms with Gasteiger partial charge in [-0.05, 0) is 29.7 Å². The van der Waals surface area contributed by atoms with E-state index in [1.54, 1.807) is 12.0 Å². The van der Waals surface area contributed by atoms with Gasteiger partial charge in [0.25, 0.3) is 5.91 Å². The Labute approximate surface area is 187 Å². The number of benzene rings is 2. The number of methoxy groups -OCH3 is 1. The van der Waals surface area contributed by atoms with Crippen molar-refractivity contribution in [1.82, 2.24) is 24.8 Å². The number of fused-ring (bicyclic) bond motifs is 1. The second kappa shape index (κ2) is 9.26. The van der Waals surface area contributed by atoms with Crippen molar-refractivity contribution in [2.75, 3.05) is 46.5 Å². The topological polar surface area (TPSA) is 72.7 Å². The summed E-state index contributed by atoms with van der Waals surface area (Å²) in [4.78, 5) is 16.9. The van der Waals surface area contributed by atoms with E-state index in [1.807, 2.05) is 10.9 Å². The molecule has 0 radical (unpaired) electrons. The number of aromatic nitrogens is 3. The summed E-state index contributed by atoms with van der Waals surface area (Å²) in [6.45, 7) is 5.17. The molecule has 8 nitrogen and oxygen atoms in total. The predicted octanol–water partition coefficient (Wildman–Crippen LogP) is 2.75. The lowest BCUT2D eigenvalue weighted by Gasteiger charge is -2.32. The van der Waals surface area contributed by atoms with Gasteiger partial charge in [0.05, 0.1) is 32.6 Å². The van der Waals surface area contributed by atoms with Crippen LogP contribution >= 0.6 is 0 Å². The lowest BCUT2D eigenvalue weighted by atomic mass is 10.0. The smallest absolute Gasteiger partial charge is 0.276 e. The fourth-order valence-electron chi connectivity index (χ4n) is 4.72. The SMILES string of the molecule is COc1ccc2ccccc2c1CN1CCC(n2cc(C(=O)N3CCOCC3)nn2)CC1. The third-order valence-electron chi connectivity index (χ3n) is 6.56. The third kappa shape index (κ3) is 4.20. The van der Waals surface area contributed by atoms with Gasteiger partial charge in [0, 0.05) is 38.3 Å². The van der Waals surface area contributed by atoms with Crippen molar-refractivity contribution in [3.63, 3.8) is 0 Å². The number of morpholine rings is 1. The molecule has 0 unspecified atom stereocenters. The number of carbonyl (C=O) groups is 1. The maximum atomic E-state index is 12.7. The normalized spacial score (nSPS) is 18.2. The Morgan fingerprint density at radius 1 is 1.09 bits per heavy atom. The van der Waals surface area contributed by atoms with Gasteiger partial charge in [-0.15, -0.1) is 5.10 Å². The van der Waals surface area contributed by atoms with E-state index in [2.05, 4.69) is 51.6 Å². The number of hydrogen-bond acceptors (Lipinski definition) is 6. The molecule has 8 heteroatoms. The summed E-state index contributed by atoms with van der Waals surface area (Å²) in [6, 6.07) is 12.9. The van der Waals surface area contributed by atoms with Gasteiger partial charge in [0.2, 0.25) is 0 Å². The van der Waals surface area contributed by atoms with E-state index in [4.69, 9.17) is 9.47 Å². The molecule has 0 spiro atoms. The summed E-state index contributed by atoms with van der Waals surface area (Å²) in [5, 5.41) is 10.9. The van der Waals surface area contributed by atoms with Gasteiger partial charge in [0.1, 0.15) is 5.75 Å². The van der Waals surface area contributed by atoms with Crippen LogP contribution in [-0.2, 0) is 11.3 Å². The fourth-order valence-corrected chi connectivity index (χ4v) is 4.72. The van der Waals surface area contributed by atoms with Crippen LogP contribution in [0.3, 0.4) is 0 Å². The van der Waals surface area contributed by atoms with Crippen LogP contribution in [-0.4, -0.2) is 77.2 Å². The number of ether oxygens (including phenoxy) is 2. The van der Waals surface area contributed by atoms with Crippen LogP contribution in [0.5, 0.6) is 5.75 Å². The molecule has 1 aromatic heterocycles. The number of hydrogen-bond donors (Lipinski definition) is 0. The fraction of sp³-hybridized carbons (Fsp3) is 0.458. The molecule has 0 aliphatic carbocycles. The molecule has 3 aromatic rings. The van der Waals surface area contributed by atoms with Crippen molar-refractivity contribution in [1.29, 1.82) is 0 Å². The second-order valence-corrected chi connectivity index (χ2v) is 8.46. The van der Waals surface area contributed by atoms with Crippen LogP contribution < -0.4 is 4.74 Å². The number of likely N-dealkylation sites (tertiary alicyclic amines) is 1. The first-order valence-electron chi connectivity index (χ1n) is 11.3. The summed E-state index contributed by atoms with van der Waals surface area (Å²) in [5.41, 5.74) is 1.66. The van der Waals surface area contributed by atoms with E-state index in [9.17, 15) is 4.79 Å². The van der Waals surface area contributed by atoms with Crippen LogP contribution in [0.25, 0.3) is 10.8 Å². The Balaban J connectivity index is 1.23. The first-order chi connectivity index (χ1) is 15.7. The molecule has 0 saturated carbocycles. The Bertz CT molecular complexity index is 1080. The van der Waals surface area contributed by atoms with Crippen molar-refractivity contribution in [2.24, 2.45) is 0 Å². The highest BCUT2D eigenvalue weighted by molar-refractivity contribution is 5.92. The lowest BCUT2D eigenvalue weighted by Crippen LogP contribution is -2.40. The molecule has 2 aliphatic heterocycles. The molecule has 0 bridgehead atoms. The first kappa shape index (κ1) is 20.9. The Morgan fingerprint density at radius 3 is 2.66 bits per heavy atom. The van der Waals surface area contributed by atoms with E-state index in [0.29, 0.717) is 32.0 Å². The quantitative estimate of drug-likeness (QED) is 0.614. The Hall–Kier alpha value is -2.97. The maximum Gasteiger partial charge on any atom is 0.276 e. The predicted molar refractivity (Wildman–Crippen MR) is 121 cm³/mol. The molecule has 0 atom stereocenters. The van der Waals surface area contributed by atoms with Crippen molar-refractivity contribution >= 4 is 16.7 Å². The number of nitrogens with zero attached hydrogens (tertiary/aromatic N) is 5. The molecule has 2 aromatic carbocycles. The molecule has 3 heterocycles. The molecule has 2 fully saturated rings. The van der Waals surface area contributed by atoms with E-state index < -0.39 is 0 Å². The highest BCUT2D eigenvalue weighted by Crippen LogP contribution is 2.31. The molecule has 0 N–H and O–H groups in total. The molecule has 2 aliphatic rings. The first-order valence-corrected chi connectivity index (χ1v) is 11.3. The average molecular weight is 436 g/mol. The van der Waals surface area contributed by atoms with Gasteiger partial charge >= 0.3 is 0 Å². The summed E-state index contributed by atoms with van der Waals surface area (Å²) < 4.78 is 12.9. The highest BCUT2D eigenvalue weighted by atomic mass is 16.5. The number of amides is 1. The summed E-state index contributed by atoms with van der Waals surface area (Å²) >= 11 is 0. The van der Waals surface area contributed by atoms with Crippen molar-refractivity contribution in [3.8, 4) is 5.75 Å². The Morgan fingerprint density at radius 2 is 1.88 bits per heavy atom. The molecule has 5 rings (SSSR count). The van der Waals surface area contributed by atoms with Crippen LogP contribution in [0, 0.1) is 0 Å². The van der Waals surface area contributed by atoms with Crippen LogP contribution in [0.1, 0.15) is 34.9 Å². The van der Waals surface area contributed by atoms with Crippen molar-refractivity contribution < 1.29 is 14.3 Å². The number of piperidine rings is 1. The van der Waals surface area contributed by atoms with Crippen molar-refractivity contribution in [3.05, 3.63) is 53.9 Å². The number of carbonyl (C=O) groups excluding carboxylic acids is 1. The maximum absolute atomic E-state index is 12.7. The van der Waals surface area contributed by atoms with Gasteiger partial charge in [-0.3, -0.25) is 9.69 Å². The van der Waals surface area contributed by atoms with E-state index in [0.717, 1.165) is 38.2 Å². The van der Waals surface area contributed by atoms with Gasteiger partial charge in [-0.2, -0.15) is 0 Å². The molecule has 1 amide bonds. The van der Waals surface area contributed by atoms with Gasteiger partial charge in [-0.25, -0.2) is 4.68 Å². The molecule has 168 valence electrons. The number of rotatable bonds is 5. The van der Waals surface area contributed by atoms with Gasteiger partial charge < -0.3 is 14.4 Å².